The highest BCUT2D eigenvalue weighted by Gasteiger charge is 2.23. The van der Waals surface area contributed by atoms with E-state index in [4.69, 9.17) is 0 Å². The minimum Gasteiger partial charge on any atom is -0.337 e. The summed E-state index contributed by atoms with van der Waals surface area (Å²) < 4.78 is 0. The van der Waals surface area contributed by atoms with Crippen LogP contribution in [0.15, 0.2) is 30.3 Å². The first-order valence-electron chi connectivity index (χ1n) is 7.18. The van der Waals surface area contributed by atoms with Crippen LogP contribution < -0.4 is 5.32 Å². The fourth-order valence-electron chi connectivity index (χ4n) is 2.50. The largest absolute Gasteiger partial charge is 0.337 e. The first kappa shape index (κ1) is 13.9. The van der Waals surface area contributed by atoms with Gasteiger partial charge in [0, 0.05) is 25.0 Å². The predicted molar refractivity (Wildman–Crippen MR) is 78.3 cm³/mol. The number of nitrogens with one attached hydrogen (secondary N) is 1. The standard InChI is InChI=1S/C16H24N2O/c1-16(2,14-9-5-3-6-10-14)13-17-15(19)18-11-7-4-8-12-18/h3,5-6,9-10H,4,7-8,11-13H2,1-2H3,(H,17,19). The summed E-state index contributed by atoms with van der Waals surface area (Å²) in [6, 6.07) is 10.4. The number of hydrogen-bond donors (Lipinski definition) is 1. The van der Waals surface area contributed by atoms with Crippen LogP contribution in [-0.4, -0.2) is 30.6 Å². The van der Waals surface area contributed by atoms with Crippen molar-refractivity contribution >= 4 is 6.03 Å². The molecule has 1 aromatic carbocycles. The minimum absolute atomic E-state index is 0.0350. The SMILES string of the molecule is CC(C)(CNC(=O)N1CCCCC1)c1ccccc1. The van der Waals surface area contributed by atoms with Crippen molar-refractivity contribution in [3.05, 3.63) is 35.9 Å². The number of rotatable bonds is 3. The van der Waals surface area contributed by atoms with Crippen LogP contribution in [-0.2, 0) is 5.41 Å². The Morgan fingerprint density at radius 1 is 1.16 bits per heavy atom. The Kier molecular flexibility index (Phi) is 4.46. The molecule has 0 aromatic heterocycles. The number of urea groups is 1. The molecule has 104 valence electrons. The van der Waals surface area contributed by atoms with Gasteiger partial charge in [0.1, 0.15) is 0 Å². The van der Waals surface area contributed by atoms with E-state index in [0.717, 1.165) is 25.9 Å². The Hall–Kier alpha value is -1.51. The Morgan fingerprint density at radius 3 is 2.42 bits per heavy atom. The van der Waals surface area contributed by atoms with Gasteiger partial charge in [-0.05, 0) is 24.8 Å². The summed E-state index contributed by atoms with van der Waals surface area (Å²) in [6.07, 6.45) is 3.52. The maximum Gasteiger partial charge on any atom is 0.317 e. The molecule has 1 aliphatic heterocycles. The van der Waals surface area contributed by atoms with Gasteiger partial charge in [-0.1, -0.05) is 44.2 Å². The van der Waals surface area contributed by atoms with Gasteiger partial charge >= 0.3 is 6.03 Å². The van der Waals surface area contributed by atoms with E-state index in [1.807, 2.05) is 23.1 Å². The summed E-state index contributed by atoms with van der Waals surface area (Å²) in [5.41, 5.74) is 1.22. The molecular formula is C16H24N2O. The van der Waals surface area contributed by atoms with Crippen LogP contribution in [0.4, 0.5) is 4.79 Å². The zero-order valence-electron chi connectivity index (χ0n) is 12.0. The number of hydrogen-bond acceptors (Lipinski definition) is 1. The van der Waals surface area contributed by atoms with E-state index in [0.29, 0.717) is 6.54 Å². The average molecular weight is 260 g/mol. The second kappa shape index (κ2) is 6.09. The van der Waals surface area contributed by atoms with Crippen molar-refractivity contribution in [1.29, 1.82) is 0 Å². The van der Waals surface area contributed by atoms with Gasteiger partial charge in [0.2, 0.25) is 0 Å². The van der Waals surface area contributed by atoms with Crippen LogP contribution in [0.25, 0.3) is 0 Å². The molecule has 2 amide bonds. The number of likely N-dealkylation sites (tertiary alicyclic amines) is 1. The lowest BCUT2D eigenvalue weighted by Crippen LogP contribution is -2.46. The molecule has 3 heteroatoms. The van der Waals surface area contributed by atoms with Crippen molar-refractivity contribution < 1.29 is 4.79 Å². The number of nitrogens with zero attached hydrogens (tertiary/aromatic N) is 1. The van der Waals surface area contributed by atoms with Crippen LogP contribution >= 0.6 is 0 Å². The van der Waals surface area contributed by atoms with Crippen LogP contribution in [0.5, 0.6) is 0 Å². The number of amides is 2. The molecule has 1 N–H and O–H groups in total. The third-order valence-electron chi connectivity index (χ3n) is 3.88. The van der Waals surface area contributed by atoms with Gasteiger partial charge in [0.15, 0.2) is 0 Å². The summed E-state index contributed by atoms with van der Waals surface area (Å²) in [5.74, 6) is 0. The molecule has 3 nitrogen and oxygen atoms in total. The molecule has 0 aliphatic carbocycles. The number of piperidine rings is 1. The van der Waals surface area contributed by atoms with Crippen molar-refractivity contribution in [3.63, 3.8) is 0 Å². The summed E-state index contributed by atoms with van der Waals surface area (Å²) in [7, 11) is 0. The molecule has 1 aliphatic rings. The van der Waals surface area contributed by atoms with E-state index in [-0.39, 0.29) is 11.4 Å². The quantitative estimate of drug-likeness (QED) is 0.889. The van der Waals surface area contributed by atoms with Gasteiger partial charge in [-0.3, -0.25) is 0 Å². The first-order valence-corrected chi connectivity index (χ1v) is 7.18. The summed E-state index contributed by atoms with van der Waals surface area (Å²) in [6.45, 7) is 6.80. The van der Waals surface area contributed by atoms with Crippen molar-refractivity contribution in [2.45, 2.75) is 38.5 Å². The third-order valence-corrected chi connectivity index (χ3v) is 3.88. The minimum atomic E-state index is -0.0350. The number of carbonyl (C=O) groups is 1. The molecule has 0 unspecified atom stereocenters. The molecule has 0 atom stereocenters. The molecule has 1 aromatic rings. The first-order chi connectivity index (χ1) is 9.09. The lowest BCUT2D eigenvalue weighted by Gasteiger charge is -2.30. The highest BCUT2D eigenvalue weighted by Crippen LogP contribution is 2.21. The zero-order chi connectivity index (χ0) is 13.7. The van der Waals surface area contributed by atoms with Gasteiger partial charge < -0.3 is 10.2 Å². The monoisotopic (exact) mass is 260 g/mol. The zero-order valence-corrected chi connectivity index (χ0v) is 12.0. The Balaban J connectivity index is 1.88. The topological polar surface area (TPSA) is 32.3 Å². The van der Waals surface area contributed by atoms with Crippen LogP contribution in [0.1, 0.15) is 38.7 Å². The second-order valence-electron chi connectivity index (χ2n) is 5.96. The highest BCUT2D eigenvalue weighted by atomic mass is 16.2. The molecule has 0 radical (unpaired) electrons. The lowest BCUT2D eigenvalue weighted by atomic mass is 9.85. The van der Waals surface area contributed by atoms with E-state index < -0.39 is 0 Å². The third kappa shape index (κ3) is 3.72. The summed E-state index contributed by atoms with van der Waals surface area (Å²) in [5, 5.41) is 3.08. The van der Waals surface area contributed by atoms with Crippen molar-refractivity contribution in [2.75, 3.05) is 19.6 Å². The normalized spacial score (nSPS) is 16.2. The van der Waals surface area contributed by atoms with E-state index in [2.05, 4.69) is 31.3 Å². The number of benzene rings is 1. The predicted octanol–water partition coefficient (Wildman–Crippen LogP) is 3.16. The van der Waals surface area contributed by atoms with Gasteiger partial charge in [-0.25, -0.2) is 4.79 Å². The van der Waals surface area contributed by atoms with E-state index >= 15 is 0 Å². The molecule has 19 heavy (non-hydrogen) atoms. The molecule has 0 saturated carbocycles. The van der Waals surface area contributed by atoms with Crippen LogP contribution in [0.2, 0.25) is 0 Å². The molecule has 1 saturated heterocycles. The van der Waals surface area contributed by atoms with E-state index in [1.165, 1.54) is 12.0 Å². The Morgan fingerprint density at radius 2 is 1.79 bits per heavy atom. The van der Waals surface area contributed by atoms with Crippen molar-refractivity contribution in [2.24, 2.45) is 0 Å². The fraction of sp³-hybridized carbons (Fsp3) is 0.562. The van der Waals surface area contributed by atoms with Crippen molar-refractivity contribution in [3.8, 4) is 0 Å². The van der Waals surface area contributed by atoms with Crippen LogP contribution in [0, 0.1) is 0 Å². The maximum atomic E-state index is 12.1. The average Bonchev–Trinajstić information content (AvgIpc) is 2.47. The summed E-state index contributed by atoms with van der Waals surface area (Å²) >= 11 is 0. The van der Waals surface area contributed by atoms with E-state index in [9.17, 15) is 4.79 Å². The van der Waals surface area contributed by atoms with Gasteiger partial charge in [-0.2, -0.15) is 0 Å². The molecular weight excluding hydrogens is 236 g/mol. The maximum absolute atomic E-state index is 12.1. The van der Waals surface area contributed by atoms with Gasteiger partial charge in [0.25, 0.3) is 0 Å². The summed E-state index contributed by atoms with van der Waals surface area (Å²) in [4.78, 5) is 14.0. The Labute approximate surface area is 116 Å². The molecule has 0 bridgehead atoms. The van der Waals surface area contributed by atoms with E-state index in [1.54, 1.807) is 0 Å². The lowest BCUT2D eigenvalue weighted by molar-refractivity contribution is 0.184. The van der Waals surface area contributed by atoms with Gasteiger partial charge in [-0.15, -0.1) is 0 Å². The molecule has 0 spiro atoms. The second-order valence-corrected chi connectivity index (χ2v) is 5.96. The molecule has 1 fully saturated rings. The smallest absolute Gasteiger partial charge is 0.317 e. The fourth-order valence-corrected chi connectivity index (χ4v) is 2.50. The number of carbonyl (C=O) groups excluding carboxylic acids is 1. The van der Waals surface area contributed by atoms with Crippen LogP contribution in [0.3, 0.4) is 0 Å². The van der Waals surface area contributed by atoms with Gasteiger partial charge in [0.05, 0.1) is 0 Å². The van der Waals surface area contributed by atoms with Crippen molar-refractivity contribution in [1.82, 2.24) is 10.2 Å². The highest BCUT2D eigenvalue weighted by molar-refractivity contribution is 5.74. The Bertz CT molecular complexity index is 408. The molecule has 2 rings (SSSR count). The molecule has 1 heterocycles.